The molecule has 3 rings (SSSR count). The summed E-state index contributed by atoms with van der Waals surface area (Å²) in [5, 5.41) is 5.41. The molecule has 0 bridgehead atoms. The van der Waals surface area contributed by atoms with Gasteiger partial charge < -0.3 is 10.6 Å². The van der Waals surface area contributed by atoms with Gasteiger partial charge in [-0.2, -0.15) is 0 Å². The van der Waals surface area contributed by atoms with Crippen LogP contribution in [0.5, 0.6) is 0 Å². The third-order valence-electron chi connectivity index (χ3n) is 3.67. The number of halogens is 1. The van der Waals surface area contributed by atoms with E-state index in [4.69, 9.17) is 0 Å². The molecule has 26 heavy (non-hydrogen) atoms. The minimum Gasteiger partial charge on any atom is -0.348 e. The normalized spacial score (nSPS) is 10.2. The third kappa shape index (κ3) is 4.51. The number of anilines is 1. The molecule has 2 N–H and O–H groups in total. The molecule has 2 aromatic carbocycles. The van der Waals surface area contributed by atoms with Crippen LogP contribution in [0.3, 0.4) is 0 Å². The summed E-state index contributed by atoms with van der Waals surface area (Å²) in [4.78, 5) is 28.5. The Morgan fingerprint density at radius 3 is 2.35 bits per heavy atom. The first kappa shape index (κ1) is 17.3. The Balaban J connectivity index is 1.64. The second kappa shape index (κ2) is 8.02. The van der Waals surface area contributed by atoms with E-state index in [1.165, 1.54) is 36.5 Å². The highest BCUT2D eigenvalue weighted by atomic mass is 19.1. The maximum absolute atomic E-state index is 12.9. The van der Waals surface area contributed by atoms with Crippen molar-refractivity contribution in [3.63, 3.8) is 0 Å². The predicted molar refractivity (Wildman–Crippen MR) is 96.2 cm³/mol. The summed E-state index contributed by atoms with van der Waals surface area (Å²) in [6.45, 7) is 0.402. The minimum absolute atomic E-state index is 0.242. The first-order chi connectivity index (χ1) is 12.6. The molecule has 0 unspecified atom stereocenters. The Bertz CT molecular complexity index is 912. The van der Waals surface area contributed by atoms with Gasteiger partial charge in [-0.25, -0.2) is 9.37 Å². The highest BCUT2D eigenvalue weighted by molar-refractivity contribution is 6.04. The molecule has 1 heterocycles. The lowest BCUT2D eigenvalue weighted by Crippen LogP contribution is -2.23. The fraction of sp³-hybridized carbons (Fsp3) is 0.0500. The number of hydrogen-bond acceptors (Lipinski definition) is 3. The maximum Gasteiger partial charge on any atom is 0.256 e. The maximum atomic E-state index is 12.9. The Labute approximate surface area is 149 Å². The lowest BCUT2D eigenvalue weighted by atomic mass is 10.2. The largest absolute Gasteiger partial charge is 0.348 e. The van der Waals surface area contributed by atoms with Gasteiger partial charge in [0.05, 0.1) is 0 Å². The lowest BCUT2D eigenvalue weighted by Gasteiger charge is -2.08. The second-order valence-electron chi connectivity index (χ2n) is 5.56. The Morgan fingerprint density at radius 1 is 0.885 bits per heavy atom. The summed E-state index contributed by atoms with van der Waals surface area (Å²) in [5.74, 6) is -0.878. The number of carbonyl (C=O) groups excluding carboxylic acids is 2. The van der Waals surface area contributed by atoms with Crippen LogP contribution >= 0.6 is 0 Å². The van der Waals surface area contributed by atoms with Crippen LogP contribution < -0.4 is 10.6 Å². The molecule has 0 saturated heterocycles. The van der Waals surface area contributed by atoms with E-state index in [0.717, 1.165) is 5.56 Å². The molecular weight excluding hydrogens is 333 g/mol. The van der Waals surface area contributed by atoms with Gasteiger partial charge in [0, 0.05) is 23.9 Å². The standard InChI is InChI=1S/C20H16FN3O2/c21-17-8-6-15(7-9-17)20(26)24-18-12-16(10-11-22-18)19(25)23-13-14-4-2-1-3-5-14/h1-12H,13H2,(H,23,25)(H,22,24,26). The summed E-state index contributed by atoms with van der Waals surface area (Å²) in [7, 11) is 0. The van der Waals surface area contributed by atoms with Crippen molar-refractivity contribution in [3.05, 3.63) is 95.4 Å². The van der Waals surface area contributed by atoms with E-state index in [1.807, 2.05) is 30.3 Å². The van der Waals surface area contributed by atoms with E-state index in [0.29, 0.717) is 17.7 Å². The summed E-state index contributed by atoms with van der Waals surface area (Å²) < 4.78 is 12.9. The molecule has 2 amide bonds. The van der Waals surface area contributed by atoms with Gasteiger partial charge >= 0.3 is 0 Å². The van der Waals surface area contributed by atoms with E-state index >= 15 is 0 Å². The van der Waals surface area contributed by atoms with Crippen LogP contribution in [0.15, 0.2) is 72.9 Å². The molecular formula is C20H16FN3O2. The SMILES string of the molecule is O=C(NCc1ccccc1)c1ccnc(NC(=O)c2ccc(F)cc2)c1. The molecule has 1 aromatic heterocycles. The number of carbonyl (C=O) groups is 2. The number of hydrogen-bond donors (Lipinski definition) is 2. The van der Waals surface area contributed by atoms with E-state index in [1.54, 1.807) is 6.07 Å². The van der Waals surface area contributed by atoms with Gasteiger partial charge in [-0.3, -0.25) is 9.59 Å². The highest BCUT2D eigenvalue weighted by Gasteiger charge is 2.10. The van der Waals surface area contributed by atoms with Crippen molar-refractivity contribution in [1.82, 2.24) is 10.3 Å². The third-order valence-corrected chi connectivity index (χ3v) is 3.67. The van der Waals surface area contributed by atoms with Crippen molar-refractivity contribution in [3.8, 4) is 0 Å². The van der Waals surface area contributed by atoms with Crippen molar-refractivity contribution in [2.75, 3.05) is 5.32 Å². The van der Waals surface area contributed by atoms with Crippen LogP contribution in [0.1, 0.15) is 26.3 Å². The number of benzene rings is 2. The number of nitrogens with one attached hydrogen (secondary N) is 2. The molecule has 0 saturated carbocycles. The van der Waals surface area contributed by atoms with Gasteiger partial charge in [0.25, 0.3) is 11.8 Å². The summed E-state index contributed by atoms with van der Waals surface area (Å²) >= 11 is 0. The first-order valence-corrected chi connectivity index (χ1v) is 7.97. The number of amides is 2. The molecule has 0 aliphatic rings. The zero-order valence-corrected chi connectivity index (χ0v) is 13.8. The molecule has 0 aliphatic carbocycles. The summed E-state index contributed by atoms with van der Waals surface area (Å²) in [6, 6.07) is 17.8. The van der Waals surface area contributed by atoms with Gasteiger partial charge in [0.15, 0.2) is 0 Å². The van der Waals surface area contributed by atoms with Gasteiger partial charge in [0.1, 0.15) is 11.6 Å². The smallest absolute Gasteiger partial charge is 0.256 e. The quantitative estimate of drug-likeness (QED) is 0.742. The monoisotopic (exact) mass is 349 g/mol. The van der Waals surface area contributed by atoms with Crippen LogP contribution in [-0.2, 0) is 6.54 Å². The molecule has 5 nitrogen and oxygen atoms in total. The highest BCUT2D eigenvalue weighted by Crippen LogP contribution is 2.10. The van der Waals surface area contributed by atoms with Gasteiger partial charge in [-0.15, -0.1) is 0 Å². The average molecular weight is 349 g/mol. The zero-order chi connectivity index (χ0) is 18.4. The molecule has 0 fully saturated rings. The van der Waals surface area contributed by atoms with Crippen molar-refractivity contribution in [2.24, 2.45) is 0 Å². The van der Waals surface area contributed by atoms with E-state index in [-0.39, 0.29) is 11.7 Å². The van der Waals surface area contributed by atoms with Gasteiger partial charge in [-0.1, -0.05) is 30.3 Å². The fourth-order valence-electron chi connectivity index (χ4n) is 2.31. The fourth-order valence-corrected chi connectivity index (χ4v) is 2.31. The van der Waals surface area contributed by atoms with Crippen LogP contribution in [-0.4, -0.2) is 16.8 Å². The van der Waals surface area contributed by atoms with E-state index in [9.17, 15) is 14.0 Å². The van der Waals surface area contributed by atoms with Gasteiger partial charge in [-0.05, 0) is 42.0 Å². The van der Waals surface area contributed by atoms with Gasteiger partial charge in [0.2, 0.25) is 0 Å². The topological polar surface area (TPSA) is 71.1 Å². The number of nitrogens with zero attached hydrogens (tertiary/aromatic N) is 1. The lowest BCUT2D eigenvalue weighted by molar-refractivity contribution is 0.0949. The predicted octanol–water partition coefficient (Wildman–Crippen LogP) is 3.40. The molecule has 0 spiro atoms. The van der Waals surface area contributed by atoms with Crippen LogP contribution in [0.4, 0.5) is 10.2 Å². The first-order valence-electron chi connectivity index (χ1n) is 7.97. The summed E-state index contributed by atoms with van der Waals surface area (Å²) in [6.07, 6.45) is 1.44. The van der Waals surface area contributed by atoms with Crippen molar-refractivity contribution < 1.29 is 14.0 Å². The molecule has 130 valence electrons. The molecule has 0 radical (unpaired) electrons. The van der Waals surface area contributed by atoms with Crippen molar-refractivity contribution in [1.29, 1.82) is 0 Å². The Hall–Kier alpha value is -3.54. The molecule has 3 aromatic rings. The Morgan fingerprint density at radius 2 is 1.62 bits per heavy atom. The Kier molecular flexibility index (Phi) is 5.34. The number of pyridine rings is 1. The van der Waals surface area contributed by atoms with Crippen LogP contribution in [0.2, 0.25) is 0 Å². The van der Waals surface area contributed by atoms with Crippen LogP contribution in [0.25, 0.3) is 0 Å². The zero-order valence-electron chi connectivity index (χ0n) is 13.8. The number of rotatable bonds is 5. The van der Waals surface area contributed by atoms with Crippen molar-refractivity contribution in [2.45, 2.75) is 6.54 Å². The molecule has 6 heteroatoms. The minimum atomic E-state index is -0.431. The number of aromatic nitrogens is 1. The van der Waals surface area contributed by atoms with Crippen molar-refractivity contribution >= 4 is 17.6 Å². The molecule has 0 aliphatic heterocycles. The second-order valence-corrected chi connectivity index (χ2v) is 5.56. The summed E-state index contributed by atoms with van der Waals surface area (Å²) in [5.41, 5.74) is 1.66. The van der Waals surface area contributed by atoms with E-state index < -0.39 is 11.7 Å². The molecule has 0 atom stereocenters. The average Bonchev–Trinajstić information content (AvgIpc) is 2.67. The van der Waals surface area contributed by atoms with Crippen LogP contribution in [0, 0.1) is 5.82 Å². The van der Waals surface area contributed by atoms with E-state index in [2.05, 4.69) is 15.6 Å².